The molecule has 0 fully saturated rings. The minimum Gasteiger partial charge on any atom is -0.480 e. The number of hydrazine groups is 1. The van der Waals surface area contributed by atoms with Gasteiger partial charge in [0.15, 0.2) is 6.29 Å². The van der Waals surface area contributed by atoms with Gasteiger partial charge in [0, 0.05) is 0 Å². The van der Waals surface area contributed by atoms with Crippen LogP contribution in [0.5, 0.6) is 0 Å². The fourth-order valence-electron chi connectivity index (χ4n) is 0.448. The van der Waals surface area contributed by atoms with Crippen LogP contribution in [0.25, 0.3) is 0 Å². The first-order valence-corrected chi connectivity index (χ1v) is 2.60. The highest BCUT2D eigenvalue weighted by Crippen LogP contribution is 1.80. The van der Waals surface area contributed by atoms with Crippen molar-refractivity contribution >= 4 is 5.97 Å². The highest BCUT2D eigenvalue weighted by atomic mass is 16.5. The summed E-state index contributed by atoms with van der Waals surface area (Å²) in [4.78, 5) is 9.91. The number of aliphatic hydroxyl groups excluding tert-OH is 1. The number of hydrogen-bond acceptors (Lipinski definition) is 5. The Morgan fingerprint density at radius 3 is 2.40 bits per heavy atom. The minimum absolute atomic E-state index is 0.272. The quantitative estimate of drug-likeness (QED) is 0.201. The summed E-state index contributed by atoms with van der Waals surface area (Å²) in [5.41, 5.74) is 0. The Labute approximate surface area is 57.4 Å². The maximum Gasteiger partial charge on any atom is 0.319 e. The van der Waals surface area contributed by atoms with Gasteiger partial charge in [-0.1, -0.05) is 0 Å². The zero-order chi connectivity index (χ0) is 8.15. The van der Waals surface area contributed by atoms with Crippen molar-refractivity contribution in [2.45, 2.75) is 6.29 Å². The zero-order valence-electron chi connectivity index (χ0n) is 5.27. The van der Waals surface area contributed by atoms with E-state index in [-0.39, 0.29) is 6.54 Å². The van der Waals surface area contributed by atoms with E-state index in [9.17, 15) is 4.79 Å². The molecule has 0 bridgehead atoms. The molecule has 0 aliphatic heterocycles. The van der Waals surface area contributed by atoms with E-state index in [0.717, 1.165) is 5.01 Å². The number of carbonyl (C=O) groups is 1. The predicted molar refractivity (Wildman–Crippen MR) is 31.6 cm³/mol. The lowest BCUT2D eigenvalue weighted by molar-refractivity contribution is -0.139. The Hall–Kier alpha value is -0.690. The van der Waals surface area contributed by atoms with Crippen molar-refractivity contribution in [2.75, 3.05) is 13.1 Å². The molecular formula is C4H10N2O4. The highest BCUT2D eigenvalue weighted by molar-refractivity contribution is 5.68. The van der Waals surface area contributed by atoms with Gasteiger partial charge in [-0.25, -0.2) is 5.01 Å². The Morgan fingerprint density at radius 1 is 1.60 bits per heavy atom. The third-order valence-corrected chi connectivity index (χ3v) is 0.736. The van der Waals surface area contributed by atoms with Crippen LogP contribution in [0.4, 0.5) is 0 Å². The van der Waals surface area contributed by atoms with Crippen molar-refractivity contribution in [3.8, 4) is 0 Å². The molecule has 6 nitrogen and oxygen atoms in total. The van der Waals surface area contributed by atoms with Crippen molar-refractivity contribution in [3.63, 3.8) is 0 Å². The van der Waals surface area contributed by atoms with Gasteiger partial charge in [-0.2, -0.15) is 0 Å². The molecule has 0 amide bonds. The molecule has 5 N–H and O–H groups in total. The molecule has 10 heavy (non-hydrogen) atoms. The van der Waals surface area contributed by atoms with Gasteiger partial charge in [0.1, 0.15) is 6.54 Å². The van der Waals surface area contributed by atoms with E-state index in [1.54, 1.807) is 0 Å². The molecule has 0 aliphatic carbocycles. The molecule has 0 radical (unpaired) electrons. The van der Waals surface area contributed by atoms with Crippen LogP contribution in [0.3, 0.4) is 0 Å². The topological polar surface area (TPSA) is 107 Å². The van der Waals surface area contributed by atoms with Gasteiger partial charge in [0.05, 0.1) is 6.54 Å². The molecule has 0 heterocycles. The first kappa shape index (κ1) is 9.31. The molecule has 0 spiro atoms. The Bertz CT molecular complexity index is 116. The third kappa shape index (κ3) is 5.45. The van der Waals surface area contributed by atoms with Gasteiger partial charge in [0.2, 0.25) is 0 Å². The standard InChI is InChI=1S/C4H10N2O4/c5-6(1-3(7)8)2-4(9)10/h3,7-8H,1-2,5H2,(H,9,10). The molecule has 6 heteroatoms. The number of carboxylic acids is 1. The average molecular weight is 150 g/mol. The predicted octanol–water partition coefficient (Wildman–Crippen LogP) is -2.44. The summed E-state index contributed by atoms with van der Waals surface area (Å²) in [6.07, 6.45) is -1.59. The van der Waals surface area contributed by atoms with Crippen LogP contribution >= 0.6 is 0 Å². The van der Waals surface area contributed by atoms with Crippen LogP contribution in [0, 0.1) is 0 Å². The van der Waals surface area contributed by atoms with Gasteiger partial charge >= 0.3 is 5.97 Å². The van der Waals surface area contributed by atoms with Crippen molar-refractivity contribution in [2.24, 2.45) is 5.84 Å². The lowest BCUT2D eigenvalue weighted by Crippen LogP contribution is -2.41. The van der Waals surface area contributed by atoms with E-state index in [4.69, 9.17) is 21.2 Å². The number of carboxylic acid groups (broad SMARTS) is 1. The summed E-state index contributed by atoms with van der Waals surface area (Å²) >= 11 is 0. The molecule has 60 valence electrons. The second kappa shape index (κ2) is 4.18. The number of rotatable bonds is 4. The van der Waals surface area contributed by atoms with Crippen molar-refractivity contribution in [3.05, 3.63) is 0 Å². The average Bonchev–Trinajstić information content (AvgIpc) is 1.58. The van der Waals surface area contributed by atoms with E-state index < -0.39 is 18.8 Å². The lowest BCUT2D eigenvalue weighted by Gasteiger charge is -2.13. The number of nitrogens with two attached hydrogens (primary N) is 1. The first-order chi connectivity index (χ1) is 4.52. The number of hydrogen-bond donors (Lipinski definition) is 4. The fraction of sp³-hybridized carbons (Fsp3) is 0.750. The monoisotopic (exact) mass is 150 g/mol. The second-order valence-corrected chi connectivity index (χ2v) is 1.80. The third-order valence-electron chi connectivity index (χ3n) is 0.736. The number of aliphatic hydroxyl groups is 2. The van der Waals surface area contributed by atoms with Crippen molar-refractivity contribution < 1.29 is 20.1 Å². The van der Waals surface area contributed by atoms with Crippen molar-refractivity contribution in [1.82, 2.24) is 5.01 Å². The SMILES string of the molecule is NN(CC(=O)O)CC(O)O. The lowest BCUT2D eigenvalue weighted by atomic mass is 10.5. The van der Waals surface area contributed by atoms with Crippen LogP contribution < -0.4 is 5.84 Å². The van der Waals surface area contributed by atoms with E-state index in [1.165, 1.54) is 0 Å². The second-order valence-electron chi connectivity index (χ2n) is 1.80. The molecule has 0 aromatic rings. The Morgan fingerprint density at radius 2 is 2.10 bits per heavy atom. The van der Waals surface area contributed by atoms with E-state index in [0.29, 0.717) is 0 Å². The van der Waals surface area contributed by atoms with Crippen LogP contribution in [-0.4, -0.2) is 45.7 Å². The van der Waals surface area contributed by atoms with Gasteiger partial charge < -0.3 is 15.3 Å². The van der Waals surface area contributed by atoms with Crippen LogP contribution in [0.15, 0.2) is 0 Å². The van der Waals surface area contributed by atoms with Gasteiger partial charge in [-0.3, -0.25) is 10.6 Å². The zero-order valence-corrected chi connectivity index (χ0v) is 5.27. The molecule has 0 atom stereocenters. The van der Waals surface area contributed by atoms with E-state index >= 15 is 0 Å². The Kier molecular flexibility index (Phi) is 3.89. The van der Waals surface area contributed by atoms with Gasteiger partial charge in [0.25, 0.3) is 0 Å². The summed E-state index contributed by atoms with van der Waals surface area (Å²) in [5, 5.41) is 25.5. The fourth-order valence-corrected chi connectivity index (χ4v) is 0.448. The van der Waals surface area contributed by atoms with Crippen LogP contribution in [0.1, 0.15) is 0 Å². The molecule has 0 unspecified atom stereocenters. The number of nitrogens with zero attached hydrogens (tertiary/aromatic N) is 1. The molecule has 0 aliphatic rings. The summed E-state index contributed by atoms with van der Waals surface area (Å²) in [6, 6.07) is 0. The molecular weight excluding hydrogens is 140 g/mol. The molecule has 0 saturated heterocycles. The summed E-state index contributed by atoms with van der Waals surface area (Å²) in [5.74, 6) is 3.90. The minimum atomic E-state index is -1.59. The molecule has 0 rings (SSSR count). The van der Waals surface area contributed by atoms with E-state index in [1.807, 2.05) is 0 Å². The first-order valence-electron chi connectivity index (χ1n) is 2.60. The molecule has 0 saturated carbocycles. The van der Waals surface area contributed by atoms with Gasteiger partial charge in [-0.15, -0.1) is 0 Å². The summed E-state index contributed by atoms with van der Waals surface area (Å²) in [7, 11) is 0. The summed E-state index contributed by atoms with van der Waals surface area (Å²) < 4.78 is 0. The van der Waals surface area contributed by atoms with Gasteiger partial charge in [-0.05, 0) is 0 Å². The highest BCUT2D eigenvalue weighted by Gasteiger charge is 2.07. The maximum absolute atomic E-state index is 9.91. The normalized spacial score (nSPS) is 10.9. The smallest absolute Gasteiger partial charge is 0.319 e. The van der Waals surface area contributed by atoms with E-state index in [2.05, 4.69) is 0 Å². The largest absolute Gasteiger partial charge is 0.480 e. The molecule has 0 aromatic heterocycles. The Balaban J connectivity index is 3.43. The van der Waals surface area contributed by atoms with Crippen LogP contribution in [-0.2, 0) is 4.79 Å². The maximum atomic E-state index is 9.91. The summed E-state index contributed by atoms with van der Waals surface area (Å²) in [6.45, 7) is -0.677. The van der Waals surface area contributed by atoms with Crippen molar-refractivity contribution in [1.29, 1.82) is 0 Å². The number of aliphatic carboxylic acids is 1. The molecule has 0 aromatic carbocycles. The van der Waals surface area contributed by atoms with Crippen LogP contribution in [0.2, 0.25) is 0 Å².